The van der Waals surface area contributed by atoms with Gasteiger partial charge >= 0.3 is 0 Å². The van der Waals surface area contributed by atoms with E-state index in [0.29, 0.717) is 25.9 Å². The number of hydrogen-bond donors (Lipinski definition) is 2. The molecule has 2 aliphatic rings. The molecule has 0 aromatic heterocycles. The van der Waals surface area contributed by atoms with Crippen molar-refractivity contribution < 1.29 is 13.2 Å². The molecule has 1 amide bonds. The quantitative estimate of drug-likeness (QED) is 0.861. The molecule has 1 saturated heterocycles. The maximum atomic E-state index is 13.1. The summed E-state index contributed by atoms with van der Waals surface area (Å²) in [6.07, 6.45) is 3.64. The predicted molar refractivity (Wildman–Crippen MR) is 99.3 cm³/mol. The van der Waals surface area contributed by atoms with E-state index < -0.39 is 14.6 Å². The fourth-order valence-corrected chi connectivity index (χ4v) is 5.59. The number of amides is 1. The summed E-state index contributed by atoms with van der Waals surface area (Å²) < 4.78 is 23.6. The summed E-state index contributed by atoms with van der Waals surface area (Å²) in [5, 5.41) is 6.24. The summed E-state index contributed by atoms with van der Waals surface area (Å²) in [7, 11) is -3.49. The highest BCUT2D eigenvalue weighted by molar-refractivity contribution is 7.92. The molecule has 0 saturated carbocycles. The molecule has 5 nitrogen and oxygen atoms in total. The van der Waals surface area contributed by atoms with E-state index in [1.165, 1.54) is 11.8 Å². The van der Waals surface area contributed by atoms with Crippen LogP contribution in [0.4, 0.5) is 0 Å². The van der Waals surface area contributed by atoms with Gasteiger partial charge in [-0.2, -0.15) is 0 Å². The van der Waals surface area contributed by atoms with Crippen LogP contribution in [-0.2, 0) is 20.0 Å². The average molecular weight is 365 g/mol. The van der Waals surface area contributed by atoms with Gasteiger partial charge in [0.2, 0.25) is 5.91 Å². The Labute approximate surface area is 150 Å². The summed E-state index contributed by atoms with van der Waals surface area (Å²) >= 11 is 0. The Bertz CT molecular complexity index is 765. The van der Waals surface area contributed by atoms with Crippen molar-refractivity contribution in [3.63, 3.8) is 0 Å². The van der Waals surface area contributed by atoms with Gasteiger partial charge in [0, 0.05) is 6.26 Å². The molecule has 1 atom stereocenters. The van der Waals surface area contributed by atoms with Gasteiger partial charge in [-0.15, -0.1) is 0 Å². The predicted octanol–water partition coefficient (Wildman–Crippen LogP) is 2.08. The zero-order valence-corrected chi connectivity index (χ0v) is 16.1. The molecule has 3 rings (SSSR count). The van der Waals surface area contributed by atoms with E-state index in [4.69, 9.17) is 0 Å². The Morgan fingerprint density at radius 3 is 2.44 bits per heavy atom. The Morgan fingerprint density at radius 2 is 1.80 bits per heavy atom. The zero-order valence-electron chi connectivity index (χ0n) is 15.3. The molecule has 25 heavy (non-hydrogen) atoms. The van der Waals surface area contributed by atoms with E-state index in [1.54, 1.807) is 0 Å². The highest BCUT2D eigenvalue weighted by Crippen LogP contribution is 2.42. The minimum atomic E-state index is -3.49. The summed E-state index contributed by atoms with van der Waals surface area (Å²) in [4.78, 5) is 13.1. The monoisotopic (exact) mass is 364 g/mol. The molecule has 1 fully saturated rings. The van der Waals surface area contributed by atoms with Crippen molar-refractivity contribution in [2.24, 2.45) is 0 Å². The number of benzene rings is 1. The van der Waals surface area contributed by atoms with Crippen molar-refractivity contribution in [2.75, 3.05) is 19.3 Å². The largest absolute Gasteiger partial charge is 0.348 e. The Balaban J connectivity index is 1.90. The lowest BCUT2D eigenvalue weighted by molar-refractivity contribution is -0.125. The van der Waals surface area contributed by atoms with Gasteiger partial charge in [-0.25, -0.2) is 8.42 Å². The van der Waals surface area contributed by atoms with Gasteiger partial charge in [0.05, 0.1) is 6.04 Å². The highest BCUT2D eigenvalue weighted by Gasteiger charge is 2.49. The van der Waals surface area contributed by atoms with Gasteiger partial charge in [-0.05, 0) is 55.3 Å². The summed E-state index contributed by atoms with van der Waals surface area (Å²) in [5.74, 6) is -0.337. The molecule has 1 aliphatic heterocycles. The third-order valence-electron chi connectivity index (χ3n) is 5.96. The van der Waals surface area contributed by atoms with Crippen molar-refractivity contribution in [2.45, 2.75) is 55.7 Å². The van der Waals surface area contributed by atoms with Gasteiger partial charge < -0.3 is 10.6 Å². The molecule has 1 unspecified atom stereocenters. The molecule has 1 heterocycles. The first kappa shape index (κ1) is 18.4. The van der Waals surface area contributed by atoms with Crippen molar-refractivity contribution >= 4 is 15.7 Å². The molecule has 0 bridgehead atoms. The average Bonchev–Trinajstić information content (AvgIpc) is 2.57. The Hall–Kier alpha value is -1.40. The third kappa shape index (κ3) is 3.22. The summed E-state index contributed by atoms with van der Waals surface area (Å²) in [6.45, 7) is 5.53. The summed E-state index contributed by atoms with van der Waals surface area (Å²) in [6, 6.07) is 8.05. The fraction of sp³-hybridized carbons (Fsp3) is 0.632. The van der Waals surface area contributed by atoms with Crippen LogP contribution in [0.25, 0.3) is 0 Å². The van der Waals surface area contributed by atoms with Crippen LogP contribution >= 0.6 is 0 Å². The van der Waals surface area contributed by atoms with E-state index in [2.05, 4.69) is 36.6 Å². The van der Waals surface area contributed by atoms with Gasteiger partial charge in [-0.1, -0.05) is 38.1 Å². The van der Waals surface area contributed by atoms with Crippen LogP contribution in [0.1, 0.15) is 56.7 Å². The van der Waals surface area contributed by atoms with Crippen molar-refractivity contribution in [3.05, 3.63) is 35.4 Å². The van der Waals surface area contributed by atoms with Crippen LogP contribution in [0, 0.1) is 0 Å². The van der Waals surface area contributed by atoms with E-state index >= 15 is 0 Å². The zero-order chi connectivity index (χ0) is 18.3. The van der Waals surface area contributed by atoms with Crippen LogP contribution in [0.15, 0.2) is 24.3 Å². The summed E-state index contributed by atoms with van der Waals surface area (Å²) in [5.41, 5.74) is 2.43. The van der Waals surface area contributed by atoms with E-state index in [-0.39, 0.29) is 17.4 Å². The van der Waals surface area contributed by atoms with Crippen LogP contribution in [0.5, 0.6) is 0 Å². The van der Waals surface area contributed by atoms with E-state index in [9.17, 15) is 13.2 Å². The molecule has 1 aromatic rings. The first-order valence-corrected chi connectivity index (χ1v) is 10.9. The van der Waals surface area contributed by atoms with E-state index in [0.717, 1.165) is 18.4 Å². The lowest BCUT2D eigenvalue weighted by Crippen LogP contribution is -2.58. The molecule has 1 aromatic carbocycles. The maximum absolute atomic E-state index is 13.1. The molecular formula is C19H28N2O3S. The number of carbonyl (C=O) groups is 1. The number of hydrogen-bond acceptors (Lipinski definition) is 4. The SMILES string of the molecule is CC1(C)CCC(NC(=O)C2(S(C)(=O)=O)CCNCC2)c2ccccc21. The highest BCUT2D eigenvalue weighted by atomic mass is 32.2. The smallest absolute Gasteiger partial charge is 0.242 e. The first-order valence-electron chi connectivity index (χ1n) is 8.98. The van der Waals surface area contributed by atoms with Crippen molar-refractivity contribution in [1.82, 2.24) is 10.6 Å². The second kappa shape index (κ2) is 6.40. The molecule has 6 heteroatoms. The van der Waals surface area contributed by atoms with Crippen LogP contribution in [0.3, 0.4) is 0 Å². The second-order valence-electron chi connectivity index (χ2n) is 8.05. The molecule has 0 radical (unpaired) electrons. The van der Waals surface area contributed by atoms with Crippen LogP contribution < -0.4 is 10.6 Å². The number of nitrogens with one attached hydrogen (secondary N) is 2. The molecular weight excluding hydrogens is 336 g/mol. The topological polar surface area (TPSA) is 75.3 Å². The third-order valence-corrected chi connectivity index (χ3v) is 7.98. The lowest BCUT2D eigenvalue weighted by atomic mass is 9.71. The van der Waals surface area contributed by atoms with E-state index in [1.807, 2.05) is 12.1 Å². The second-order valence-corrected chi connectivity index (χ2v) is 10.4. The Morgan fingerprint density at radius 1 is 1.16 bits per heavy atom. The number of carbonyl (C=O) groups excluding carboxylic acids is 1. The van der Waals surface area contributed by atoms with Crippen LogP contribution in [0.2, 0.25) is 0 Å². The Kier molecular flexibility index (Phi) is 4.71. The fourth-order valence-electron chi connectivity index (χ4n) is 4.25. The number of piperidine rings is 1. The molecule has 1 aliphatic carbocycles. The lowest BCUT2D eigenvalue weighted by Gasteiger charge is -2.40. The van der Waals surface area contributed by atoms with Crippen molar-refractivity contribution in [1.29, 1.82) is 0 Å². The van der Waals surface area contributed by atoms with Gasteiger partial charge in [0.15, 0.2) is 14.6 Å². The number of rotatable bonds is 3. The normalized spacial score (nSPS) is 25.0. The van der Waals surface area contributed by atoms with Crippen LogP contribution in [-0.4, -0.2) is 38.4 Å². The maximum Gasteiger partial charge on any atom is 0.242 e. The standard InChI is InChI=1S/C19H28N2O3S/c1-18(2)9-8-16(14-6-4-5-7-15(14)18)21-17(22)19(25(3,23)24)10-12-20-13-11-19/h4-7,16,20H,8-13H2,1-3H3,(H,21,22). The molecule has 138 valence electrons. The molecule has 2 N–H and O–H groups in total. The minimum absolute atomic E-state index is 0.0705. The van der Waals surface area contributed by atoms with Gasteiger partial charge in [-0.3, -0.25) is 4.79 Å². The van der Waals surface area contributed by atoms with Crippen molar-refractivity contribution in [3.8, 4) is 0 Å². The van der Waals surface area contributed by atoms with Gasteiger partial charge in [0.25, 0.3) is 0 Å². The minimum Gasteiger partial charge on any atom is -0.348 e. The number of sulfone groups is 1. The first-order chi connectivity index (χ1) is 11.7. The number of fused-ring (bicyclic) bond motifs is 1. The van der Waals surface area contributed by atoms with Gasteiger partial charge in [0.1, 0.15) is 0 Å². The molecule has 0 spiro atoms.